The molecule has 3 N–H and O–H groups in total. The van der Waals surface area contributed by atoms with Crippen LogP contribution in [0.2, 0.25) is 0 Å². The highest BCUT2D eigenvalue weighted by Gasteiger charge is 2.07. The van der Waals surface area contributed by atoms with Crippen LogP contribution in [0.15, 0.2) is 36.5 Å². The molecule has 4 heteroatoms. The third-order valence-electron chi connectivity index (χ3n) is 3.24. The smallest absolute Gasteiger partial charge is 0.255 e. The summed E-state index contributed by atoms with van der Waals surface area (Å²) in [6, 6.07) is 9.36. The van der Waals surface area contributed by atoms with Gasteiger partial charge in [-0.1, -0.05) is 6.07 Å². The van der Waals surface area contributed by atoms with Crippen LogP contribution in [-0.4, -0.2) is 17.4 Å². The highest BCUT2D eigenvalue weighted by Crippen LogP contribution is 2.15. The number of benzene rings is 1. The molecule has 0 aliphatic carbocycles. The second-order valence-corrected chi connectivity index (χ2v) is 4.83. The molecule has 104 valence electrons. The van der Waals surface area contributed by atoms with Crippen molar-refractivity contribution in [3.8, 4) is 0 Å². The predicted octanol–water partition coefficient (Wildman–Crippen LogP) is 2.45. The highest BCUT2D eigenvalue weighted by molar-refractivity contribution is 6.04. The molecule has 0 aliphatic rings. The second kappa shape index (κ2) is 6.30. The van der Waals surface area contributed by atoms with Gasteiger partial charge in [-0.2, -0.15) is 0 Å². The summed E-state index contributed by atoms with van der Waals surface area (Å²) in [5, 5.41) is 2.90. The van der Waals surface area contributed by atoms with E-state index >= 15 is 0 Å². The fraction of sp³-hybridized carbons (Fsp3) is 0.250. The standard InChI is InChI=1S/C16H19N3O/c1-11-3-4-15(9-12(11)2)19-16(20)13-6-8-18-14(10-13)5-7-17/h3-4,6,8-10H,5,7,17H2,1-2H3,(H,19,20). The fourth-order valence-electron chi connectivity index (χ4n) is 1.93. The quantitative estimate of drug-likeness (QED) is 0.895. The molecule has 4 nitrogen and oxygen atoms in total. The molecule has 20 heavy (non-hydrogen) atoms. The van der Waals surface area contributed by atoms with Gasteiger partial charge in [-0.15, -0.1) is 0 Å². The van der Waals surface area contributed by atoms with Crippen molar-refractivity contribution in [3.63, 3.8) is 0 Å². The van der Waals surface area contributed by atoms with Gasteiger partial charge >= 0.3 is 0 Å². The lowest BCUT2D eigenvalue weighted by Crippen LogP contribution is -2.13. The number of nitrogens with two attached hydrogens (primary N) is 1. The van der Waals surface area contributed by atoms with E-state index in [9.17, 15) is 4.79 Å². The van der Waals surface area contributed by atoms with Gasteiger partial charge in [0.2, 0.25) is 0 Å². The van der Waals surface area contributed by atoms with E-state index in [1.165, 1.54) is 5.56 Å². The van der Waals surface area contributed by atoms with Gasteiger partial charge in [0.15, 0.2) is 0 Å². The average Bonchev–Trinajstić information content (AvgIpc) is 2.43. The molecule has 1 aromatic carbocycles. The number of rotatable bonds is 4. The summed E-state index contributed by atoms with van der Waals surface area (Å²) >= 11 is 0. The highest BCUT2D eigenvalue weighted by atomic mass is 16.1. The Morgan fingerprint density at radius 2 is 2.00 bits per heavy atom. The Kier molecular flexibility index (Phi) is 4.48. The van der Waals surface area contributed by atoms with Crippen molar-refractivity contribution in [1.29, 1.82) is 0 Å². The molecule has 1 aromatic heterocycles. The lowest BCUT2D eigenvalue weighted by molar-refractivity contribution is 0.102. The van der Waals surface area contributed by atoms with Gasteiger partial charge in [0.25, 0.3) is 5.91 Å². The lowest BCUT2D eigenvalue weighted by Gasteiger charge is -2.08. The van der Waals surface area contributed by atoms with Crippen LogP contribution in [0.3, 0.4) is 0 Å². The largest absolute Gasteiger partial charge is 0.330 e. The van der Waals surface area contributed by atoms with Crippen molar-refractivity contribution in [3.05, 3.63) is 58.9 Å². The van der Waals surface area contributed by atoms with Gasteiger partial charge in [-0.3, -0.25) is 9.78 Å². The van der Waals surface area contributed by atoms with Crippen LogP contribution in [0.5, 0.6) is 0 Å². The molecule has 0 unspecified atom stereocenters. The Balaban J connectivity index is 2.15. The molecule has 0 radical (unpaired) electrons. The molecule has 0 atom stereocenters. The van der Waals surface area contributed by atoms with Gasteiger partial charge in [0.05, 0.1) is 0 Å². The summed E-state index contributed by atoms with van der Waals surface area (Å²) < 4.78 is 0. The first-order valence-electron chi connectivity index (χ1n) is 6.64. The Morgan fingerprint density at radius 1 is 1.20 bits per heavy atom. The summed E-state index contributed by atoms with van der Waals surface area (Å²) in [4.78, 5) is 16.4. The van der Waals surface area contributed by atoms with Crippen LogP contribution in [-0.2, 0) is 6.42 Å². The van der Waals surface area contributed by atoms with Gasteiger partial charge in [0.1, 0.15) is 0 Å². The number of anilines is 1. The number of pyridine rings is 1. The number of amides is 1. The first-order valence-corrected chi connectivity index (χ1v) is 6.64. The molecule has 0 aliphatic heterocycles. The number of carbonyl (C=O) groups is 1. The van der Waals surface area contributed by atoms with Gasteiger partial charge < -0.3 is 11.1 Å². The van der Waals surface area contributed by atoms with Gasteiger partial charge in [-0.05, 0) is 55.8 Å². The third-order valence-corrected chi connectivity index (χ3v) is 3.24. The van der Waals surface area contributed by atoms with E-state index in [4.69, 9.17) is 5.73 Å². The number of nitrogens with one attached hydrogen (secondary N) is 1. The molecule has 0 fully saturated rings. The second-order valence-electron chi connectivity index (χ2n) is 4.83. The number of aryl methyl sites for hydroxylation is 2. The van der Waals surface area contributed by atoms with Crippen LogP contribution in [0.25, 0.3) is 0 Å². The Hall–Kier alpha value is -2.20. The van der Waals surface area contributed by atoms with E-state index in [1.54, 1.807) is 18.3 Å². The fourth-order valence-corrected chi connectivity index (χ4v) is 1.93. The van der Waals surface area contributed by atoms with Crippen LogP contribution >= 0.6 is 0 Å². The average molecular weight is 269 g/mol. The summed E-state index contributed by atoms with van der Waals surface area (Å²) in [7, 11) is 0. The van der Waals surface area contributed by atoms with Crippen molar-refractivity contribution in [2.45, 2.75) is 20.3 Å². The first-order chi connectivity index (χ1) is 9.60. The lowest BCUT2D eigenvalue weighted by atomic mass is 10.1. The number of nitrogens with zero attached hydrogens (tertiary/aromatic N) is 1. The van der Waals surface area contributed by atoms with Crippen molar-refractivity contribution in [2.75, 3.05) is 11.9 Å². The number of hydrogen-bond acceptors (Lipinski definition) is 3. The zero-order valence-corrected chi connectivity index (χ0v) is 11.8. The van der Waals surface area contributed by atoms with E-state index in [0.717, 1.165) is 16.9 Å². The maximum absolute atomic E-state index is 12.2. The monoisotopic (exact) mass is 269 g/mol. The molecule has 2 rings (SSSR count). The minimum Gasteiger partial charge on any atom is -0.330 e. The molecule has 1 heterocycles. The number of aromatic nitrogens is 1. The third kappa shape index (κ3) is 3.42. The van der Waals surface area contributed by atoms with Crippen molar-refractivity contribution in [1.82, 2.24) is 4.98 Å². The summed E-state index contributed by atoms with van der Waals surface area (Å²) in [6.07, 6.45) is 2.31. The molecule has 0 saturated carbocycles. The van der Waals surface area contributed by atoms with Crippen LogP contribution in [0, 0.1) is 13.8 Å². The minimum atomic E-state index is -0.131. The zero-order chi connectivity index (χ0) is 14.5. The van der Waals surface area contributed by atoms with Crippen molar-refractivity contribution >= 4 is 11.6 Å². The Bertz CT molecular complexity index is 623. The molecule has 0 spiro atoms. The minimum absolute atomic E-state index is 0.131. The molecular weight excluding hydrogens is 250 g/mol. The van der Waals surface area contributed by atoms with E-state index in [0.29, 0.717) is 18.5 Å². The van der Waals surface area contributed by atoms with Crippen LogP contribution in [0.1, 0.15) is 27.2 Å². The molecule has 0 saturated heterocycles. The first kappa shape index (κ1) is 14.2. The van der Waals surface area contributed by atoms with Crippen LogP contribution < -0.4 is 11.1 Å². The molecule has 0 bridgehead atoms. The number of carbonyl (C=O) groups excluding carboxylic acids is 1. The summed E-state index contributed by atoms with van der Waals surface area (Å²) in [5.41, 5.74) is 10.1. The Morgan fingerprint density at radius 3 is 2.70 bits per heavy atom. The normalized spacial score (nSPS) is 10.3. The van der Waals surface area contributed by atoms with Gasteiger partial charge in [0, 0.05) is 29.6 Å². The Labute approximate surface area is 119 Å². The maximum atomic E-state index is 12.2. The summed E-state index contributed by atoms with van der Waals surface area (Å²) in [6.45, 7) is 4.59. The van der Waals surface area contributed by atoms with E-state index in [2.05, 4.69) is 10.3 Å². The topological polar surface area (TPSA) is 68.0 Å². The number of hydrogen-bond donors (Lipinski definition) is 2. The van der Waals surface area contributed by atoms with E-state index < -0.39 is 0 Å². The molecular formula is C16H19N3O. The summed E-state index contributed by atoms with van der Waals surface area (Å²) in [5.74, 6) is -0.131. The van der Waals surface area contributed by atoms with E-state index in [1.807, 2.05) is 32.0 Å². The molecule has 1 amide bonds. The SMILES string of the molecule is Cc1ccc(NC(=O)c2ccnc(CCN)c2)cc1C. The predicted molar refractivity (Wildman–Crippen MR) is 80.9 cm³/mol. The van der Waals surface area contributed by atoms with Crippen molar-refractivity contribution < 1.29 is 4.79 Å². The van der Waals surface area contributed by atoms with Gasteiger partial charge in [-0.25, -0.2) is 0 Å². The van der Waals surface area contributed by atoms with E-state index in [-0.39, 0.29) is 5.91 Å². The maximum Gasteiger partial charge on any atom is 0.255 e. The van der Waals surface area contributed by atoms with Crippen molar-refractivity contribution in [2.24, 2.45) is 5.73 Å². The molecule has 2 aromatic rings. The zero-order valence-electron chi connectivity index (χ0n) is 11.8. The van der Waals surface area contributed by atoms with Crippen LogP contribution in [0.4, 0.5) is 5.69 Å².